The zero-order valence-corrected chi connectivity index (χ0v) is 57.3. The quantitative estimate of drug-likeness (QED) is 0.0169. The van der Waals surface area contributed by atoms with Gasteiger partial charge < -0.3 is 79.8 Å². The first-order valence-corrected chi connectivity index (χ1v) is 35.2. The SMILES string of the molecule is CC(C)C[C@H]1NC(=O)[C@@H](CCCN=C(N)N)CC(=O)[C@@H](Cc2ccccc2)NC(=O)[C@@H](Cc2cnc[nH]2)CC(=O)[C@@H](CCCN=C(N)N)NC(=O)[C@@H](CC(=O)COCCOCCOCCCC(=O)CCCCC2SC[C@@H]3NC(=O)N[C@H]23)Cc2cn(nn2)CCCC[C@@H](C(N)=O)NC1=O. The first kappa shape index (κ1) is 78.6. The molecule has 0 aliphatic carbocycles. The summed E-state index contributed by atoms with van der Waals surface area (Å²) in [6.07, 6.45) is 8.96. The number of primary amides is 1. The van der Waals surface area contributed by atoms with E-state index >= 15 is 0 Å². The van der Waals surface area contributed by atoms with Gasteiger partial charge in [-0.2, -0.15) is 11.8 Å². The molecule has 5 heterocycles. The molecule has 6 rings (SSSR count). The third kappa shape index (κ3) is 29.0. The number of carbonyl (C=O) groups is 10. The van der Waals surface area contributed by atoms with Crippen LogP contribution in [0.3, 0.4) is 0 Å². The van der Waals surface area contributed by atoms with Gasteiger partial charge in [0.15, 0.2) is 29.3 Å². The van der Waals surface area contributed by atoms with Gasteiger partial charge in [0.2, 0.25) is 29.5 Å². The molecule has 32 heteroatoms. The van der Waals surface area contributed by atoms with Crippen LogP contribution in [0.15, 0.2) is 59.0 Å². The number of aromatic amines is 1. The van der Waals surface area contributed by atoms with Gasteiger partial charge in [0.05, 0.1) is 74.5 Å². The monoisotopic (exact) mass is 1390 g/mol. The van der Waals surface area contributed by atoms with Gasteiger partial charge >= 0.3 is 6.03 Å². The molecular formula is C66H102N18O13S. The number of carbonyl (C=O) groups excluding carboxylic acids is 10. The van der Waals surface area contributed by atoms with Crippen molar-refractivity contribution >= 4 is 82.4 Å². The summed E-state index contributed by atoms with van der Waals surface area (Å²) in [7, 11) is 0. The highest BCUT2D eigenvalue weighted by atomic mass is 32.2. The summed E-state index contributed by atoms with van der Waals surface area (Å²) in [4.78, 5) is 154. The summed E-state index contributed by atoms with van der Waals surface area (Å²) in [5, 5.41) is 26.3. The zero-order chi connectivity index (χ0) is 70.8. The number of benzene rings is 1. The Kier molecular flexibility index (Phi) is 34.1. The standard InChI is InChI=1S/C66H102N18O13S/c1-41(2)29-53-63(93)77-51(59(67)89)18-8-9-23-84-37-47(82-83-84)32-44(33-49(86)38-97-28-27-96-26-25-95-24-12-17-48(85)16-6-7-20-57-58-54(39-98-57)80-66(94)81-58)61(91)76-50(19-11-22-74-65(70)71)55(87)35-45(31-46-36-72-40-75-46)62(92)78-52(30-42-13-4-3-5-14-42)56(88)34-43(60(90)79-53)15-10-21-73-64(68)69/h3-5,13-14,36-37,40-41,43-45,50-54,57-58H,6-12,15-35,38-39H2,1-2H3,(H2,67,89)(H,72,75)(H,76,91)(H,77,93)(H,78,92)(H,79,90)(H4,68,69,73)(H4,70,71,74)(H2,80,81,94)/t43-,44+,45-,50+,51-,52+,53+,54-,57?,58-/m0/s1. The van der Waals surface area contributed by atoms with Crippen molar-refractivity contribution in [1.29, 1.82) is 0 Å². The lowest BCUT2D eigenvalue weighted by atomic mass is 9.88. The second-order valence-corrected chi connectivity index (χ2v) is 27.1. The molecule has 17 N–H and O–H groups in total. The van der Waals surface area contributed by atoms with Gasteiger partial charge in [0, 0.05) is 106 Å². The molecule has 540 valence electrons. The van der Waals surface area contributed by atoms with Crippen molar-refractivity contribution in [2.75, 3.05) is 58.5 Å². The van der Waals surface area contributed by atoms with Gasteiger partial charge in [-0.3, -0.25) is 57.8 Å². The number of nitrogens with two attached hydrogens (primary N) is 5. The van der Waals surface area contributed by atoms with Crippen LogP contribution in [0.5, 0.6) is 0 Å². The van der Waals surface area contributed by atoms with Gasteiger partial charge in [-0.05, 0) is 88.5 Å². The number of rotatable bonds is 34. The molecule has 2 bridgehead atoms. The Hall–Kier alpha value is -8.36. The van der Waals surface area contributed by atoms with E-state index in [1.807, 2.05) is 25.6 Å². The van der Waals surface area contributed by atoms with Gasteiger partial charge in [-0.1, -0.05) is 55.8 Å². The van der Waals surface area contributed by atoms with Crippen LogP contribution in [0, 0.1) is 23.7 Å². The molecule has 0 spiro atoms. The molecule has 3 aliphatic rings. The predicted molar refractivity (Wildman–Crippen MR) is 366 cm³/mol. The van der Waals surface area contributed by atoms with Crippen molar-refractivity contribution in [3.8, 4) is 0 Å². The number of ketones is 4. The third-order valence-corrected chi connectivity index (χ3v) is 18.7. The van der Waals surface area contributed by atoms with Crippen LogP contribution >= 0.6 is 11.8 Å². The number of H-pyrrole nitrogens is 1. The van der Waals surface area contributed by atoms with Crippen molar-refractivity contribution in [2.24, 2.45) is 62.3 Å². The minimum absolute atomic E-state index is 0.00598. The van der Waals surface area contributed by atoms with Gasteiger partial charge in [-0.25, -0.2) is 9.78 Å². The number of amides is 7. The molecule has 31 nitrogen and oxygen atoms in total. The van der Waals surface area contributed by atoms with Gasteiger partial charge in [0.1, 0.15) is 24.5 Å². The van der Waals surface area contributed by atoms with Crippen molar-refractivity contribution in [3.05, 3.63) is 66.0 Å². The van der Waals surface area contributed by atoms with E-state index in [1.54, 1.807) is 36.5 Å². The summed E-state index contributed by atoms with van der Waals surface area (Å²) in [5.74, 6) is -7.77. The number of guanidine groups is 2. The Bertz CT molecular complexity index is 3110. The molecule has 98 heavy (non-hydrogen) atoms. The minimum atomic E-state index is -1.26. The number of aliphatic imine (C=N–C) groups is 2. The molecule has 7 amide bonds. The summed E-state index contributed by atoms with van der Waals surface area (Å²) >= 11 is 1.87. The van der Waals surface area contributed by atoms with Crippen molar-refractivity contribution in [2.45, 2.75) is 190 Å². The second kappa shape index (κ2) is 42.5. The molecule has 3 aromatic rings. The maximum Gasteiger partial charge on any atom is 0.315 e. The lowest BCUT2D eigenvalue weighted by Gasteiger charge is -2.27. The number of fused-ring (bicyclic) bond motifs is 3. The van der Waals surface area contributed by atoms with E-state index < -0.39 is 102 Å². The highest BCUT2D eigenvalue weighted by Gasteiger charge is 2.43. The molecule has 1 aromatic carbocycles. The maximum absolute atomic E-state index is 15.0. The molecule has 1 unspecified atom stereocenters. The van der Waals surface area contributed by atoms with Crippen LogP contribution < -0.4 is 60.6 Å². The number of Topliss-reactive ketones (excluding diaryl/α,β-unsaturated/α-hetero) is 4. The van der Waals surface area contributed by atoms with Gasteiger partial charge in [-0.15, -0.1) is 5.10 Å². The summed E-state index contributed by atoms with van der Waals surface area (Å²) in [5.41, 5.74) is 29.9. The lowest BCUT2D eigenvalue weighted by molar-refractivity contribution is -0.136. The second-order valence-electron chi connectivity index (χ2n) is 25.8. The molecule has 0 saturated carbocycles. The number of unbranched alkanes of at least 4 members (excludes halogenated alkanes) is 1. The number of hydrogen-bond acceptors (Lipinski definition) is 19. The maximum atomic E-state index is 15.0. The number of thioether (sulfide) groups is 1. The van der Waals surface area contributed by atoms with E-state index in [4.69, 9.17) is 42.9 Å². The Balaban J connectivity index is 1.16. The highest BCUT2D eigenvalue weighted by molar-refractivity contribution is 8.00. The van der Waals surface area contributed by atoms with E-state index in [9.17, 15) is 47.9 Å². The fourth-order valence-electron chi connectivity index (χ4n) is 12.0. The number of aromatic nitrogens is 5. The van der Waals surface area contributed by atoms with Crippen LogP contribution in [-0.2, 0) is 83.2 Å². The van der Waals surface area contributed by atoms with Crippen LogP contribution in [-0.4, -0.2) is 196 Å². The molecule has 0 radical (unpaired) electrons. The summed E-state index contributed by atoms with van der Waals surface area (Å²) in [6.45, 7) is 4.93. The van der Waals surface area contributed by atoms with E-state index in [0.717, 1.165) is 25.0 Å². The minimum Gasteiger partial charge on any atom is -0.379 e. The third-order valence-electron chi connectivity index (χ3n) is 17.2. The molecule has 2 aromatic heterocycles. The van der Waals surface area contributed by atoms with E-state index in [-0.39, 0.29) is 159 Å². The number of hydrogen-bond donors (Lipinski definition) is 12. The van der Waals surface area contributed by atoms with Crippen LogP contribution in [0.4, 0.5) is 4.79 Å². The fraction of sp³-hybridized carbons (Fsp3) is 0.652. The van der Waals surface area contributed by atoms with Crippen LogP contribution in [0.1, 0.15) is 140 Å². The topological polar surface area (TPSA) is 485 Å². The van der Waals surface area contributed by atoms with Gasteiger partial charge in [0.25, 0.3) is 0 Å². The number of ether oxygens (including phenoxy) is 3. The Morgan fingerprint density at radius 2 is 1.31 bits per heavy atom. The van der Waals surface area contributed by atoms with Crippen LogP contribution in [0.25, 0.3) is 0 Å². The molecule has 3 aliphatic heterocycles. The average molecular weight is 1390 g/mol. The number of urea groups is 1. The Morgan fingerprint density at radius 3 is 2.01 bits per heavy atom. The summed E-state index contributed by atoms with van der Waals surface area (Å²) in [6, 6.07) is 4.34. The lowest BCUT2D eigenvalue weighted by Crippen LogP contribution is -2.54. The molecule has 2 saturated heterocycles. The van der Waals surface area contributed by atoms with Crippen molar-refractivity contribution < 1.29 is 62.2 Å². The normalized spacial score (nSPS) is 23.3. The largest absolute Gasteiger partial charge is 0.379 e. The van der Waals surface area contributed by atoms with E-state index in [0.29, 0.717) is 60.9 Å². The number of nitrogens with one attached hydrogen (secondary N) is 7. The summed E-state index contributed by atoms with van der Waals surface area (Å²) < 4.78 is 18.6. The molecule has 10 atom stereocenters. The Labute approximate surface area is 576 Å². The molecule has 2 fully saturated rings. The van der Waals surface area contributed by atoms with Crippen molar-refractivity contribution in [1.82, 2.24) is 56.9 Å². The highest BCUT2D eigenvalue weighted by Crippen LogP contribution is 2.33. The number of imidazole rings is 1. The fourth-order valence-corrected chi connectivity index (χ4v) is 13.6. The first-order chi connectivity index (χ1) is 47.1. The molecular weight excluding hydrogens is 1280 g/mol. The van der Waals surface area contributed by atoms with Crippen LogP contribution in [0.2, 0.25) is 0 Å². The smallest absolute Gasteiger partial charge is 0.315 e. The Morgan fingerprint density at radius 1 is 0.653 bits per heavy atom. The first-order valence-electron chi connectivity index (χ1n) is 34.1. The van der Waals surface area contributed by atoms with Crippen molar-refractivity contribution in [3.63, 3.8) is 0 Å². The number of nitrogens with zero attached hydrogens (tertiary/aromatic N) is 6. The van der Waals surface area contributed by atoms with E-state index in [1.165, 1.54) is 17.2 Å². The average Bonchev–Trinajstić information content (AvgIpc) is 1.65. The van der Waals surface area contributed by atoms with E-state index in [2.05, 4.69) is 62.2 Å². The predicted octanol–water partition coefficient (Wildman–Crippen LogP) is 0.642. The number of aryl methyl sites for hydroxylation is 1. The zero-order valence-electron chi connectivity index (χ0n) is 56.5.